The summed E-state index contributed by atoms with van der Waals surface area (Å²) in [6.07, 6.45) is 1.81. The molecule has 0 atom stereocenters. The van der Waals surface area contributed by atoms with Crippen molar-refractivity contribution < 1.29 is 18.7 Å². The highest BCUT2D eigenvalue weighted by molar-refractivity contribution is 9.10. The van der Waals surface area contributed by atoms with E-state index in [2.05, 4.69) is 27.0 Å². The number of ether oxygens (including phenoxy) is 2. The Labute approximate surface area is 216 Å². The third-order valence-corrected chi connectivity index (χ3v) is 6.87. The average Bonchev–Trinajstić information content (AvgIpc) is 3.13. The zero-order valence-corrected chi connectivity index (χ0v) is 22.0. The number of carbonyl (C=O) groups is 1. The predicted molar refractivity (Wildman–Crippen MR) is 143 cm³/mol. The molecule has 1 fully saturated rings. The van der Waals surface area contributed by atoms with Gasteiger partial charge in [-0.3, -0.25) is 9.69 Å². The Morgan fingerprint density at radius 2 is 1.91 bits per heavy atom. The molecule has 1 aliphatic rings. The fourth-order valence-electron chi connectivity index (χ4n) is 3.57. The van der Waals surface area contributed by atoms with Crippen molar-refractivity contribution in [2.45, 2.75) is 20.5 Å². The van der Waals surface area contributed by atoms with Crippen LogP contribution >= 0.6 is 27.7 Å². The van der Waals surface area contributed by atoms with Crippen molar-refractivity contribution in [3.63, 3.8) is 0 Å². The van der Waals surface area contributed by atoms with Gasteiger partial charge in [0.15, 0.2) is 16.7 Å². The van der Waals surface area contributed by atoms with Crippen molar-refractivity contribution in [2.75, 3.05) is 13.7 Å². The molecule has 0 spiro atoms. The first kappa shape index (κ1) is 25.0. The number of hydrogen-bond donors (Lipinski definition) is 0. The molecule has 0 N–H and O–H groups in total. The SMILES string of the molecule is CCN1C(=O)/C(=C\c2cc(Br)c(OCc3cccc(C)c3)c(OC)c2)SC1=Nc1ccc(F)cc1. The van der Waals surface area contributed by atoms with Gasteiger partial charge in [0, 0.05) is 6.54 Å². The van der Waals surface area contributed by atoms with Gasteiger partial charge in [-0.2, -0.15) is 0 Å². The molecule has 0 aliphatic carbocycles. The summed E-state index contributed by atoms with van der Waals surface area (Å²) in [6, 6.07) is 17.7. The van der Waals surface area contributed by atoms with E-state index >= 15 is 0 Å². The van der Waals surface area contributed by atoms with Crippen molar-refractivity contribution >= 4 is 50.5 Å². The Morgan fingerprint density at radius 1 is 1.14 bits per heavy atom. The van der Waals surface area contributed by atoms with Gasteiger partial charge in [-0.15, -0.1) is 0 Å². The van der Waals surface area contributed by atoms with Crippen LogP contribution in [0.2, 0.25) is 0 Å². The first-order valence-electron chi connectivity index (χ1n) is 11.0. The number of amidine groups is 1. The lowest BCUT2D eigenvalue weighted by Gasteiger charge is -2.14. The number of amides is 1. The maximum absolute atomic E-state index is 13.2. The third-order valence-electron chi connectivity index (χ3n) is 5.27. The largest absolute Gasteiger partial charge is 0.493 e. The van der Waals surface area contributed by atoms with Crippen LogP contribution in [0.1, 0.15) is 23.6 Å². The predicted octanol–water partition coefficient (Wildman–Crippen LogP) is 7.11. The summed E-state index contributed by atoms with van der Waals surface area (Å²) in [6.45, 7) is 4.81. The molecule has 35 heavy (non-hydrogen) atoms. The normalized spacial score (nSPS) is 15.8. The summed E-state index contributed by atoms with van der Waals surface area (Å²) < 4.78 is 25.6. The smallest absolute Gasteiger partial charge is 0.266 e. The molecule has 180 valence electrons. The molecular formula is C27H24BrFN2O3S. The lowest BCUT2D eigenvalue weighted by atomic mass is 10.1. The maximum atomic E-state index is 13.2. The molecule has 5 nitrogen and oxygen atoms in total. The van der Waals surface area contributed by atoms with Gasteiger partial charge in [-0.05, 0) is 95.1 Å². The number of benzene rings is 3. The van der Waals surface area contributed by atoms with Gasteiger partial charge >= 0.3 is 0 Å². The molecular weight excluding hydrogens is 531 g/mol. The molecule has 0 aromatic heterocycles. The first-order valence-corrected chi connectivity index (χ1v) is 12.6. The van der Waals surface area contributed by atoms with Gasteiger partial charge in [-0.1, -0.05) is 29.8 Å². The molecule has 4 rings (SSSR count). The van der Waals surface area contributed by atoms with Gasteiger partial charge in [0.1, 0.15) is 12.4 Å². The minimum absolute atomic E-state index is 0.131. The minimum atomic E-state index is -0.331. The summed E-state index contributed by atoms with van der Waals surface area (Å²) in [7, 11) is 1.58. The van der Waals surface area contributed by atoms with E-state index in [0.717, 1.165) is 15.6 Å². The van der Waals surface area contributed by atoms with E-state index in [0.29, 0.717) is 40.4 Å². The molecule has 0 bridgehead atoms. The number of hydrogen-bond acceptors (Lipinski definition) is 5. The lowest BCUT2D eigenvalue weighted by molar-refractivity contribution is -0.122. The fraction of sp³-hybridized carbons (Fsp3) is 0.185. The summed E-state index contributed by atoms with van der Waals surface area (Å²) in [5.41, 5.74) is 3.60. The first-order chi connectivity index (χ1) is 16.9. The minimum Gasteiger partial charge on any atom is -0.493 e. The maximum Gasteiger partial charge on any atom is 0.266 e. The van der Waals surface area contributed by atoms with Gasteiger partial charge in [-0.25, -0.2) is 9.38 Å². The monoisotopic (exact) mass is 554 g/mol. The van der Waals surface area contributed by atoms with E-state index in [9.17, 15) is 9.18 Å². The molecule has 1 heterocycles. The lowest BCUT2D eigenvalue weighted by Crippen LogP contribution is -2.28. The molecule has 8 heteroatoms. The van der Waals surface area contributed by atoms with E-state index in [1.165, 1.54) is 29.5 Å². The van der Waals surface area contributed by atoms with Crippen LogP contribution in [-0.2, 0) is 11.4 Å². The molecule has 1 aliphatic heterocycles. The Hall–Kier alpha value is -3.10. The van der Waals surface area contributed by atoms with Crippen molar-refractivity contribution in [3.05, 3.63) is 92.5 Å². The van der Waals surface area contributed by atoms with Gasteiger partial charge in [0.25, 0.3) is 5.91 Å². The highest BCUT2D eigenvalue weighted by atomic mass is 79.9. The van der Waals surface area contributed by atoms with Gasteiger partial charge in [0.2, 0.25) is 0 Å². The Bertz CT molecular complexity index is 1310. The molecule has 0 radical (unpaired) electrons. The summed E-state index contributed by atoms with van der Waals surface area (Å²) in [5, 5.41) is 0.555. The second-order valence-electron chi connectivity index (χ2n) is 7.84. The Morgan fingerprint density at radius 3 is 2.60 bits per heavy atom. The molecule has 3 aromatic rings. The summed E-state index contributed by atoms with van der Waals surface area (Å²) in [5.74, 6) is 0.688. The van der Waals surface area contributed by atoms with Crippen LogP contribution in [0.25, 0.3) is 6.08 Å². The van der Waals surface area contributed by atoms with E-state index in [-0.39, 0.29) is 11.7 Å². The Balaban J connectivity index is 1.59. The molecule has 1 amide bonds. The number of carbonyl (C=O) groups excluding carboxylic acids is 1. The topological polar surface area (TPSA) is 51.1 Å². The number of methoxy groups -OCH3 is 1. The number of halogens is 2. The number of likely N-dealkylation sites (N-methyl/N-ethyl adjacent to an activating group) is 1. The van der Waals surface area contributed by atoms with Crippen molar-refractivity contribution in [3.8, 4) is 11.5 Å². The van der Waals surface area contributed by atoms with E-state index < -0.39 is 0 Å². The molecule has 0 saturated carbocycles. The number of nitrogens with zero attached hydrogens (tertiary/aromatic N) is 2. The second-order valence-corrected chi connectivity index (χ2v) is 9.71. The average molecular weight is 555 g/mol. The van der Waals surface area contributed by atoms with E-state index in [1.807, 2.05) is 44.2 Å². The van der Waals surface area contributed by atoms with Crippen LogP contribution in [0.3, 0.4) is 0 Å². The Kier molecular flexibility index (Phi) is 7.93. The molecule has 0 unspecified atom stereocenters. The zero-order chi connectivity index (χ0) is 24.9. The van der Waals surface area contributed by atoms with Crippen LogP contribution < -0.4 is 9.47 Å². The number of rotatable bonds is 7. The molecule has 1 saturated heterocycles. The fourth-order valence-corrected chi connectivity index (χ4v) is 5.20. The second kappa shape index (κ2) is 11.1. The van der Waals surface area contributed by atoms with Crippen LogP contribution in [0, 0.1) is 12.7 Å². The third kappa shape index (κ3) is 5.94. The highest BCUT2D eigenvalue weighted by Crippen LogP contribution is 2.40. The van der Waals surface area contributed by atoms with E-state index in [4.69, 9.17) is 9.47 Å². The summed E-state index contributed by atoms with van der Waals surface area (Å²) >= 11 is 4.87. The van der Waals surface area contributed by atoms with Crippen LogP contribution in [0.5, 0.6) is 11.5 Å². The van der Waals surface area contributed by atoms with Crippen LogP contribution in [0.15, 0.2) is 75.0 Å². The number of thioether (sulfide) groups is 1. The highest BCUT2D eigenvalue weighted by Gasteiger charge is 2.32. The van der Waals surface area contributed by atoms with Crippen molar-refractivity contribution in [2.24, 2.45) is 4.99 Å². The number of aryl methyl sites for hydroxylation is 1. The van der Waals surface area contributed by atoms with E-state index in [1.54, 1.807) is 30.2 Å². The quantitative estimate of drug-likeness (QED) is 0.292. The summed E-state index contributed by atoms with van der Waals surface area (Å²) in [4.78, 5) is 19.7. The van der Waals surface area contributed by atoms with Crippen LogP contribution in [-0.4, -0.2) is 29.6 Å². The standard InChI is InChI=1S/C27H24BrFN2O3S/c1-4-31-26(32)24(35-27(31)30-21-10-8-20(29)9-11-21)15-19-13-22(28)25(23(14-19)33-3)34-16-18-7-5-6-17(2)12-18/h5-15H,4,16H2,1-3H3/b24-15+,30-27?. The van der Waals surface area contributed by atoms with Crippen molar-refractivity contribution in [1.82, 2.24) is 4.90 Å². The zero-order valence-electron chi connectivity index (χ0n) is 19.5. The number of aliphatic imine (C=N–C) groups is 1. The van der Waals surface area contributed by atoms with Gasteiger partial charge < -0.3 is 9.47 Å². The van der Waals surface area contributed by atoms with Crippen molar-refractivity contribution in [1.29, 1.82) is 0 Å². The van der Waals surface area contributed by atoms with Crippen LogP contribution in [0.4, 0.5) is 10.1 Å². The molecule has 3 aromatic carbocycles. The van der Waals surface area contributed by atoms with Gasteiger partial charge in [0.05, 0.1) is 22.2 Å².